The number of amides is 1. The van der Waals surface area contributed by atoms with Crippen LogP contribution in [0, 0.1) is 0 Å². The minimum Gasteiger partial charge on any atom is -0.340 e. The molecule has 3 rings (SSSR count). The highest BCUT2D eigenvalue weighted by Gasteiger charge is 2.26. The van der Waals surface area contributed by atoms with Crippen LogP contribution in [0.5, 0.6) is 0 Å². The Labute approximate surface area is 177 Å². The molecule has 8 heteroatoms. The van der Waals surface area contributed by atoms with Crippen LogP contribution in [0.1, 0.15) is 12.0 Å². The molecule has 0 radical (unpaired) electrons. The highest BCUT2D eigenvalue weighted by Crippen LogP contribution is 2.18. The van der Waals surface area contributed by atoms with Crippen molar-refractivity contribution < 1.29 is 13.2 Å². The molecule has 2 aromatic rings. The molecule has 0 atom stereocenters. The van der Waals surface area contributed by atoms with Gasteiger partial charge in [0.25, 0.3) is 0 Å². The lowest BCUT2D eigenvalue weighted by molar-refractivity contribution is -0.131. The topological polar surface area (TPSA) is 60.9 Å². The third-order valence-electron chi connectivity index (χ3n) is 5.07. The Morgan fingerprint density at radius 3 is 2.38 bits per heavy atom. The van der Waals surface area contributed by atoms with Gasteiger partial charge in [0.1, 0.15) is 0 Å². The molecular weight excluding hydrogens is 410 g/mol. The summed E-state index contributed by atoms with van der Waals surface area (Å²) in [6.45, 7) is 3.60. The average molecular weight is 436 g/mol. The van der Waals surface area contributed by atoms with Gasteiger partial charge in [0, 0.05) is 44.8 Å². The zero-order valence-electron chi connectivity index (χ0n) is 16.5. The summed E-state index contributed by atoms with van der Waals surface area (Å²) < 4.78 is 26.5. The molecule has 2 aromatic carbocycles. The summed E-state index contributed by atoms with van der Waals surface area (Å²) >= 11 is 5.83. The maximum Gasteiger partial charge on any atom is 0.243 e. The molecule has 0 unspecified atom stereocenters. The van der Waals surface area contributed by atoms with Gasteiger partial charge >= 0.3 is 0 Å². The summed E-state index contributed by atoms with van der Waals surface area (Å²) in [6, 6.07) is 16.2. The smallest absolute Gasteiger partial charge is 0.243 e. The second-order valence-corrected chi connectivity index (χ2v) is 9.69. The number of likely N-dealkylation sites (N-methyl/N-ethyl adjacent to an activating group) is 1. The van der Waals surface area contributed by atoms with Crippen molar-refractivity contribution in [3.8, 4) is 0 Å². The Bertz CT molecular complexity index is 920. The van der Waals surface area contributed by atoms with Crippen molar-refractivity contribution in [3.05, 3.63) is 65.2 Å². The number of hydrogen-bond acceptors (Lipinski definition) is 4. The summed E-state index contributed by atoms with van der Waals surface area (Å²) in [5.74, 6) is -0.174. The number of benzene rings is 2. The maximum atomic E-state index is 12.7. The first-order valence-corrected chi connectivity index (χ1v) is 11.4. The zero-order chi connectivity index (χ0) is 20.9. The van der Waals surface area contributed by atoms with Crippen molar-refractivity contribution in [2.75, 3.05) is 39.8 Å². The van der Waals surface area contributed by atoms with E-state index in [0.29, 0.717) is 18.1 Å². The van der Waals surface area contributed by atoms with Crippen LogP contribution in [0.25, 0.3) is 0 Å². The van der Waals surface area contributed by atoms with Crippen molar-refractivity contribution >= 4 is 27.5 Å². The summed E-state index contributed by atoms with van der Waals surface area (Å²) in [7, 11) is -2.30. The van der Waals surface area contributed by atoms with Crippen molar-refractivity contribution in [3.63, 3.8) is 0 Å². The van der Waals surface area contributed by atoms with Gasteiger partial charge in [-0.1, -0.05) is 41.9 Å². The predicted octanol–water partition coefficient (Wildman–Crippen LogP) is 2.70. The Kier molecular flexibility index (Phi) is 7.29. The van der Waals surface area contributed by atoms with Crippen LogP contribution in [0.3, 0.4) is 0 Å². The average Bonchev–Trinajstić information content (AvgIpc) is 2.94. The van der Waals surface area contributed by atoms with Gasteiger partial charge in [-0.3, -0.25) is 9.69 Å². The van der Waals surface area contributed by atoms with E-state index in [1.165, 1.54) is 36.9 Å². The molecular formula is C21H26ClN3O3S. The standard InChI is InChI=1S/C21H26ClN3O3S/c1-23(29(27,28)20-10-8-19(22)9-11-20)17-21(26)25-13-5-12-24(14-15-25)16-18-6-3-2-4-7-18/h2-4,6-11H,5,12-17H2,1H3. The Morgan fingerprint density at radius 2 is 1.69 bits per heavy atom. The van der Waals surface area contributed by atoms with E-state index in [-0.39, 0.29) is 17.3 Å². The minimum atomic E-state index is -3.73. The van der Waals surface area contributed by atoms with E-state index in [1.54, 1.807) is 4.90 Å². The van der Waals surface area contributed by atoms with Gasteiger partial charge in [0.05, 0.1) is 11.4 Å². The fourth-order valence-corrected chi connectivity index (χ4v) is 4.63. The van der Waals surface area contributed by atoms with Crippen LogP contribution >= 0.6 is 11.6 Å². The van der Waals surface area contributed by atoms with Gasteiger partial charge in [-0.05, 0) is 36.2 Å². The molecule has 1 aliphatic rings. The minimum absolute atomic E-state index is 0.127. The molecule has 1 fully saturated rings. The van der Waals surface area contributed by atoms with Gasteiger partial charge in [0.2, 0.25) is 15.9 Å². The van der Waals surface area contributed by atoms with E-state index in [1.807, 2.05) is 18.2 Å². The van der Waals surface area contributed by atoms with E-state index < -0.39 is 10.0 Å². The maximum absolute atomic E-state index is 12.7. The van der Waals surface area contributed by atoms with E-state index in [9.17, 15) is 13.2 Å². The Balaban J connectivity index is 1.57. The molecule has 29 heavy (non-hydrogen) atoms. The van der Waals surface area contributed by atoms with Gasteiger partial charge in [-0.2, -0.15) is 4.31 Å². The number of nitrogens with zero attached hydrogens (tertiary/aromatic N) is 3. The monoisotopic (exact) mass is 435 g/mol. The highest BCUT2D eigenvalue weighted by molar-refractivity contribution is 7.89. The summed E-state index contributed by atoms with van der Waals surface area (Å²) in [5, 5.41) is 0.465. The molecule has 1 saturated heterocycles. The van der Waals surface area contributed by atoms with Gasteiger partial charge < -0.3 is 4.90 Å². The number of carbonyl (C=O) groups excluding carboxylic acids is 1. The van der Waals surface area contributed by atoms with Crippen LogP contribution in [-0.4, -0.2) is 68.2 Å². The zero-order valence-corrected chi connectivity index (χ0v) is 18.1. The largest absolute Gasteiger partial charge is 0.340 e. The van der Waals surface area contributed by atoms with Gasteiger partial charge in [-0.15, -0.1) is 0 Å². The van der Waals surface area contributed by atoms with Gasteiger partial charge in [0.15, 0.2) is 0 Å². The van der Waals surface area contributed by atoms with Crippen LogP contribution in [0.15, 0.2) is 59.5 Å². The second-order valence-electron chi connectivity index (χ2n) is 7.21. The third-order valence-corrected chi connectivity index (χ3v) is 7.14. The second kappa shape index (κ2) is 9.71. The first kappa shape index (κ1) is 21.8. The molecule has 0 N–H and O–H groups in total. The van der Waals surface area contributed by atoms with E-state index in [4.69, 9.17) is 11.6 Å². The normalized spacial score (nSPS) is 16.0. The number of rotatable bonds is 6. The van der Waals surface area contributed by atoms with Crippen LogP contribution < -0.4 is 0 Å². The Hall–Kier alpha value is -1.93. The lowest BCUT2D eigenvalue weighted by atomic mass is 10.2. The molecule has 1 heterocycles. The number of halogens is 1. The van der Waals surface area contributed by atoms with Crippen LogP contribution in [0.2, 0.25) is 5.02 Å². The van der Waals surface area contributed by atoms with Gasteiger partial charge in [-0.25, -0.2) is 8.42 Å². The lowest BCUT2D eigenvalue weighted by Gasteiger charge is -2.24. The van der Waals surface area contributed by atoms with E-state index in [2.05, 4.69) is 17.0 Å². The molecule has 0 aromatic heterocycles. The quantitative estimate of drug-likeness (QED) is 0.700. The fraction of sp³-hybridized carbons (Fsp3) is 0.381. The molecule has 0 saturated carbocycles. The molecule has 1 amide bonds. The van der Waals surface area contributed by atoms with E-state index >= 15 is 0 Å². The van der Waals surface area contributed by atoms with Crippen LogP contribution in [-0.2, 0) is 21.4 Å². The first-order valence-electron chi connectivity index (χ1n) is 9.62. The summed E-state index contributed by atoms with van der Waals surface area (Å²) in [5.41, 5.74) is 1.25. The summed E-state index contributed by atoms with van der Waals surface area (Å²) in [6.07, 6.45) is 0.867. The van der Waals surface area contributed by atoms with Crippen molar-refractivity contribution in [1.29, 1.82) is 0 Å². The highest BCUT2D eigenvalue weighted by atomic mass is 35.5. The predicted molar refractivity (Wildman–Crippen MR) is 114 cm³/mol. The Morgan fingerprint density at radius 1 is 1.00 bits per heavy atom. The SMILES string of the molecule is CN(CC(=O)N1CCCN(Cc2ccccc2)CC1)S(=O)(=O)c1ccc(Cl)cc1. The van der Waals surface area contributed by atoms with Crippen molar-refractivity contribution in [1.82, 2.24) is 14.1 Å². The molecule has 0 aliphatic carbocycles. The van der Waals surface area contributed by atoms with Crippen molar-refractivity contribution in [2.24, 2.45) is 0 Å². The number of hydrogen-bond donors (Lipinski definition) is 0. The number of carbonyl (C=O) groups is 1. The third kappa shape index (κ3) is 5.79. The summed E-state index contributed by atoms with van der Waals surface area (Å²) in [4.78, 5) is 17.0. The molecule has 0 spiro atoms. The first-order chi connectivity index (χ1) is 13.9. The molecule has 6 nitrogen and oxygen atoms in total. The van der Waals surface area contributed by atoms with Crippen molar-refractivity contribution in [2.45, 2.75) is 17.9 Å². The van der Waals surface area contributed by atoms with Crippen LogP contribution in [0.4, 0.5) is 0 Å². The lowest BCUT2D eigenvalue weighted by Crippen LogP contribution is -2.42. The van der Waals surface area contributed by atoms with E-state index in [0.717, 1.165) is 30.4 Å². The fourth-order valence-electron chi connectivity index (χ4n) is 3.38. The molecule has 156 valence electrons. The molecule has 0 bridgehead atoms. The molecule has 1 aliphatic heterocycles. The number of sulfonamides is 1.